The lowest BCUT2D eigenvalue weighted by Gasteiger charge is -2.35. The third kappa shape index (κ3) is 3.31. The number of hydrogen-bond acceptors (Lipinski definition) is 3. The lowest BCUT2D eigenvalue weighted by Crippen LogP contribution is -2.52. The van der Waals surface area contributed by atoms with Gasteiger partial charge in [-0.25, -0.2) is 0 Å². The first kappa shape index (κ1) is 14.9. The van der Waals surface area contributed by atoms with E-state index in [4.69, 9.17) is 5.73 Å². The maximum atomic E-state index is 12.3. The molecule has 1 unspecified atom stereocenters. The molecule has 3 N–H and O–H groups in total. The Morgan fingerprint density at radius 1 is 1.40 bits per heavy atom. The molecule has 0 saturated carbocycles. The molecule has 110 valence electrons. The molecule has 1 atom stereocenters. The summed E-state index contributed by atoms with van der Waals surface area (Å²) in [4.78, 5) is 14.5. The summed E-state index contributed by atoms with van der Waals surface area (Å²) in [7, 11) is 0. The van der Waals surface area contributed by atoms with E-state index in [1.54, 1.807) is 0 Å². The Morgan fingerprint density at radius 3 is 2.75 bits per heavy atom. The van der Waals surface area contributed by atoms with E-state index >= 15 is 0 Å². The van der Waals surface area contributed by atoms with Crippen LogP contribution in [0.15, 0.2) is 18.2 Å². The van der Waals surface area contributed by atoms with E-state index in [1.807, 2.05) is 39.8 Å². The van der Waals surface area contributed by atoms with Gasteiger partial charge in [0, 0.05) is 24.3 Å². The summed E-state index contributed by atoms with van der Waals surface area (Å²) in [6.45, 7) is 9.62. The largest absolute Gasteiger partial charge is 0.398 e. The molecule has 0 fully saturated rings. The molecule has 0 bridgehead atoms. The number of amides is 1. The number of anilines is 1. The topological polar surface area (TPSA) is 58.4 Å². The van der Waals surface area contributed by atoms with Crippen molar-refractivity contribution in [2.45, 2.75) is 52.2 Å². The quantitative estimate of drug-likeness (QED) is 0.811. The fourth-order valence-electron chi connectivity index (χ4n) is 2.60. The molecule has 0 spiro atoms. The van der Waals surface area contributed by atoms with Gasteiger partial charge in [-0.3, -0.25) is 9.69 Å². The first-order chi connectivity index (χ1) is 9.28. The fourth-order valence-corrected chi connectivity index (χ4v) is 2.60. The van der Waals surface area contributed by atoms with Crippen molar-refractivity contribution in [3.8, 4) is 0 Å². The van der Waals surface area contributed by atoms with E-state index < -0.39 is 0 Å². The van der Waals surface area contributed by atoms with Crippen molar-refractivity contribution in [1.29, 1.82) is 0 Å². The van der Waals surface area contributed by atoms with Gasteiger partial charge in [0.05, 0.1) is 6.04 Å². The highest BCUT2D eigenvalue weighted by atomic mass is 16.2. The summed E-state index contributed by atoms with van der Waals surface area (Å²) in [6, 6.07) is 5.92. The van der Waals surface area contributed by atoms with Gasteiger partial charge >= 0.3 is 0 Å². The van der Waals surface area contributed by atoms with E-state index in [1.165, 1.54) is 11.1 Å². The number of hydrogen-bond donors (Lipinski definition) is 2. The predicted molar refractivity (Wildman–Crippen MR) is 82.3 cm³/mol. The van der Waals surface area contributed by atoms with Gasteiger partial charge in [-0.15, -0.1) is 0 Å². The number of benzene rings is 1. The molecule has 1 aliphatic rings. The maximum Gasteiger partial charge on any atom is 0.237 e. The second kappa shape index (κ2) is 5.44. The second-order valence-electron chi connectivity index (χ2n) is 6.62. The van der Waals surface area contributed by atoms with E-state index in [0.717, 1.165) is 25.2 Å². The molecule has 0 radical (unpaired) electrons. The molecule has 1 aromatic rings. The van der Waals surface area contributed by atoms with Crippen molar-refractivity contribution in [1.82, 2.24) is 10.2 Å². The van der Waals surface area contributed by atoms with Gasteiger partial charge in [-0.05, 0) is 51.3 Å². The number of nitrogens with zero attached hydrogens (tertiary/aromatic N) is 1. The summed E-state index contributed by atoms with van der Waals surface area (Å²) in [5, 5.41) is 3.04. The van der Waals surface area contributed by atoms with Crippen molar-refractivity contribution in [2.24, 2.45) is 0 Å². The normalized spacial score (nSPS) is 17.4. The van der Waals surface area contributed by atoms with Crippen LogP contribution in [0.4, 0.5) is 5.69 Å². The smallest absolute Gasteiger partial charge is 0.237 e. The van der Waals surface area contributed by atoms with Crippen LogP contribution in [0.5, 0.6) is 0 Å². The molecule has 1 amide bonds. The zero-order chi connectivity index (χ0) is 14.9. The average molecular weight is 275 g/mol. The Labute approximate surface area is 121 Å². The lowest BCUT2D eigenvalue weighted by molar-refractivity contribution is -0.127. The van der Waals surface area contributed by atoms with Gasteiger partial charge in [-0.2, -0.15) is 0 Å². The third-order valence-electron chi connectivity index (χ3n) is 3.76. The summed E-state index contributed by atoms with van der Waals surface area (Å²) in [6.07, 6.45) is 0.952. The monoisotopic (exact) mass is 275 g/mol. The van der Waals surface area contributed by atoms with Gasteiger partial charge < -0.3 is 11.1 Å². The van der Waals surface area contributed by atoms with Gasteiger partial charge in [0.1, 0.15) is 0 Å². The molecule has 1 aromatic carbocycles. The molecular formula is C16H25N3O. The number of nitrogen functional groups attached to an aromatic ring is 1. The maximum absolute atomic E-state index is 12.3. The fraction of sp³-hybridized carbons (Fsp3) is 0.562. The van der Waals surface area contributed by atoms with Crippen LogP contribution in [-0.4, -0.2) is 28.9 Å². The minimum absolute atomic E-state index is 0.0791. The summed E-state index contributed by atoms with van der Waals surface area (Å²) in [5.74, 6) is 0.0791. The Balaban J connectivity index is 2.09. The number of fused-ring (bicyclic) bond motifs is 1. The molecular weight excluding hydrogens is 250 g/mol. The minimum atomic E-state index is -0.196. The zero-order valence-electron chi connectivity index (χ0n) is 12.9. The van der Waals surface area contributed by atoms with Crippen LogP contribution in [0.25, 0.3) is 0 Å². The second-order valence-corrected chi connectivity index (χ2v) is 6.62. The highest BCUT2D eigenvalue weighted by Gasteiger charge is 2.27. The van der Waals surface area contributed by atoms with Crippen LogP contribution in [0.3, 0.4) is 0 Å². The Morgan fingerprint density at radius 2 is 2.10 bits per heavy atom. The zero-order valence-corrected chi connectivity index (χ0v) is 12.9. The van der Waals surface area contributed by atoms with Crippen molar-refractivity contribution in [3.05, 3.63) is 29.3 Å². The average Bonchev–Trinajstić information content (AvgIpc) is 2.36. The van der Waals surface area contributed by atoms with E-state index in [-0.39, 0.29) is 17.5 Å². The Kier molecular flexibility index (Phi) is 4.04. The molecule has 4 nitrogen and oxygen atoms in total. The van der Waals surface area contributed by atoms with Crippen molar-refractivity contribution in [3.63, 3.8) is 0 Å². The molecule has 1 heterocycles. The van der Waals surface area contributed by atoms with E-state index in [2.05, 4.69) is 16.3 Å². The molecule has 0 aliphatic carbocycles. The van der Waals surface area contributed by atoms with Crippen LogP contribution in [-0.2, 0) is 17.8 Å². The van der Waals surface area contributed by atoms with E-state index in [9.17, 15) is 4.79 Å². The molecule has 20 heavy (non-hydrogen) atoms. The van der Waals surface area contributed by atoms with Gasteiger partial charge in [-0.1, -0.05) is 12.1 Å². The molecule has 4 heteroatoms. The molecule has 0 aromatic heterocycles. The third-order valence-corrected chi connectivity index (χ3v) is 3.76. The van der Waals surface area contributed by atoms with Gasteiger partial charge in [0.2, 0.25) is 5.91 Å². The number of rotatable bonds is 2. The van der Waals surface area contributed by atoms with Crippen molar-refractivity contribution >= 4 is 11.6 Å². The van der Waals surface area contributed by atoms with Crippen LogP contribution in [0.1, 0.15) is 38.8 Å². The lowest BCUT2D eigenvalue weighted by atomic mass is 9.97. The number of nitrogens with two attached hydrogens (primary N) is 1. The van der Waals surface area contributed by atoms with Gasteiger partial charge in [0.25, 0.3) is 0 Å². The van der Waals surface area contributed by atoms with Crippen LogP contribution < -0.4 is 11.1 Å². The first-order valence-electron chi connectivity index (χ1n) is 7.20. The minimum Gasteiger partial charge on any atom is -0.398 e. The van der Waals surface area contributed by atoms with E-state index in [0.29, 0.717) is 0 Å². The Bertz CT molecular complexity index is 505. The van der Waals surface area contributed by atoms with Crippen molar-refractivity contribution in [2.75, 3.05) is 12.3 Å². The molecule has 0 saturated heterocycles. The molecule has 2 rings (SSSR count). The van der Waals surface area contributed by atoms with Crippen molar-refractivity contribution < 1.29 is 4.79 Å². The first-order valence-corrected chi connectivity index (χ1v) is 7.20. The standard InChI is InChI=1S/C16H25N3O/c1-11(15(20)18-16(2,3)4)19-9-8-12-6-5-7-14(17)13(12)10-19/h5-7,11H,8-10,17H2,1-4H3,(H,18,20). The van der Waals surface area contributed by atoms with Crippen LogP contribution in [0, 0.1) is 0 Å². The Hall–Kier alpha value is -1.55. The van der Waals surface area contributed by atoms with Crippen LogP contribution in [0.2, 0.25) is 0 Å². The predicted octanol–water partition coefficient (Wildman–Crippen LogP) is 1.93. The SMILES string of the molecule is CC(C(=O)NC(C)(C)C)N1CCc2cccc(N)c2C1. The van der Waals surface area contributed by atoms with Gasteiger partial charge in [0.15, 0.2) is 0 Å². The van der Waals surface area contributed by atoms with Crippen LogP contribution >= 0.6 is 0 Å². The molecule has 1 aliphatic heterocycles. The summed E-state index contributed by atoms with van der Waals surface area (Å²) in [5.41, 5.74) is 9.17. The number of carbonyl (C=O) groups is 1. The highest BCUT2D eigenvalue weighted by molar-refractivity contribution is 5.82. The number of nitrogens with one attached hydrogen (secondary N) is 1. The summed E-state index contributed by atoms with van der Waals surface area (Å²) >= 11 is 0. The summed E-state index contributed by atoms with van der Waals surface area (Å²) < 4.78 is 0. The highest BCUT2D eigenvalue weighted by Crippen LogP contribution is 2.25. The number of carbonyl (C=O) groups excluding carboxylic acids is 1.